The van der Waals surface area contributed by atoms with Crippen LogP contribution in [0.15, 0.2) is 43.0 Å². The highest BCUT2D eigenvalue weighted by Gasteiger charge is 2.26. The minimum absolute atomic E-state index is 0.0450. The average molecular weight is 418 g/mol. The Morgan fingerprint density at radius 2 is 1.82 bits per heavy atom. The van der Waals surface area contributed by atoms with E-state index in [0.29, 0.717) is 21.6 Å². The van der Waals surface area contributed by atoms with Gasteiger partial charge in [0.25, 0.3) is 0 Å². The number of hydrogen-bond donors (Lipinski definition) is 1. The summed E-state index contributed by atoms with van der Waals surface area (Å²) in [7, 11) is 0. The van der Waals surface area contributed by atoms with E-state index in [9.17, 15) is 4.79 Å². The predicted octanol–water partition coefficient (Wildman–Crippen LogP) is 3.22. The lowest BCUT2D eigenvalue weighted by Gasteiger charge is -2.31. The van der Waals surface area contributed by atoms with E-state index in [1.54, 1.807) is 29.2 Å². The second kappa shape index (κ2) is 8.12. The minimum atomic E-state index is -0.0892. The molecule has 28 heavy (non-hydrogen) atoms. The number of halogens is 2. The summed E-state index contributed by atoms with van der Waals surface area (Å²) in [5.41, 5.74) is 0.538. The normalized spacial score (nSPS) is 14.9. The van der Waals surface area contributed by atoms with Crippen LogP contribution in [-0.4, -0.2) is 44.0 Å². The zero-order chi connectivity index (χ0) is 19.5. The van der Waals surface area contributed by atoms with E-state index >= 15 is 0 Å². The van der Waals surface area contributed by atoms with Crippen molar-refractivity contribution in [3.8, 4) is 5.82 Å². The first-order valence-corrected chi connectivity index (χ1v) is 9.55. The first-order valence-electron chi connectivity index (χ1n) is 8.80. The summed E-state index contributed by atoms with van der Waals surface area (Å²) in [6.07, 6.45) is 4.45. The third kappa shape index (κ3) is 4.07. The number of hydrogen-bond acceptors (Lipinski definition) is 6. The molecule has 0 radical (unpaired) electrons. The van der Waals surface area contributed by atoms with Gasteiger partial charge in [0, 0.05) is 24.0 Å². The lowest BCUT2D eigenvalue weighted by Crippen LogP contribution is -2.38. The molecule has 0 unspecified atom stereocenters. The summed E-state index contributed by atoms with van der Waals surface area (Å²) in [5, 5.41) is 16.4. The molecule has 0 saturated carbocycles. The molecule has 8 nitrogen and oxygen atoms in total. The van der Waals surface area contributed by atoms with Gasteiger partial charge in [-0.2, -0.15) is 5.10 Å². The topological polar surface area (TPSA) is 88.8 Å². The van der Waals surface area contributed by atoms with Crippen LogP contribution in [0.4, 0.5) is 11.5 Å². The van der Waals surface area contributed by atoms with E-state index in [4.69, 9.17) is 23.2 Å². The van der Waals surface area contributed by atoms with Gasteiger partial charge < -0.3 is 10.2 Å². The van der Waals surface area contributed by atoms with Gasteiger partial charge in [-0.25, -0.2) is 9.67 Å². The Morgan fingerprint density at radius 3 is 2.50 bits per heavy atom. The fourth-order valence-corrected chi connectivity index (χ4v) is 3.47. The number of carbonyl (C=O) groups excluding carboxylic acids is 1. The quantitative estimate of drug-likeness (QED) is 0.700. The Morgan fingerprint density at radius 1 is 1.07 bits per heavy atom. The maximum Gasteiger partial charge on any atom is 0.227 e. The van der Waals surface area contributed by atoms with Gasteiger partial charge in [-0.05, 0) is 43.2 Å². The maximum atomic E-state index is 12.6. The molecular weight excluding hydrogens is 401 g/mol. The highest BCUT2D eigenvalue weighted by molar-refractivity contribution is 6.35. The molecule has 1 aliphatic rings. The monoisotopic (exact) mass is 417 g/mol. The molecule has 0 atom stereocenters. The number of nitrogens with zero attached hydrogens (tertiary/aromatic N) is 6. The number of amides is 1. The van der Waals surface area contributed by atoms with Crippen LogP contribution < -0.4 is 10.2 Å². The SMILES string of the molecule is O=C(Nc1cc(Cl)ccc1Cl)C1CCN(c2ccc(-n3cncn3)nn2)CC1. The molecule has 1 fully saturated rings. The summed E-state index contributed by atoms with van der Waals surface area (Å²) in [6.45, 7) is 1.44. The number of nitrogens with one attached hydrogen (secondary N) is 1. The molecule has 1 N–H and O–H groups in total. The first-order chi connectivity index (χ1) is 13.6. The van der Waals surface area contributed by atoms with Crippen molar-refractivity contribution in [1.82, 2.24) is 25.0 Å². The van der Waals surface area contributed by atoms with Crippen molar-refractivity contribution >= 4 is 40.6 Å². The van der Waals surface area contributed by atoms with Crippen LogP contribution in [0.1, 0.15) is 12.8 Å². The lowest BCUT2D eigenvalue weighted by atomic mass is 9.96. The molecule has 10 heteroatoms. The second-order valence-electron chi connectivity index (χ2n) is 6.46. The van der Waals surface area contributed by atoms with Gasteiger partial charge >= 0.3 is 0 Å². The number of benzene rings is 1. The third-order valence-electron chi connectivity index (χ3n) is 4.67. The molecular formula is C18H17Cl2N7O. The first kappa shape index (κ1) is 18.6. The van der Waals surface area contributed by atoms with Crippen LogP contribution in [0, 0.1) is 5.92 Å². The predicted molar refractivity (Wildman–Crippen MR) is 107 cm³/mol. The zero-order valence-electron chi connectivity index (χ0n) is 14.8. The molecule has 0 bridgehead atoms. The van der Waals surface area contributed by atoms with Gasteiger partial charge in [0.15, 0.2) is 11.6 Å². The smallest absolute Gasteiger partial charge is 0.227 e. The minimum Gasteiger partial charge on any atom is -0.355 e. The molecule has 1 saturated heterocycles. The Bertz CT molecular complexity index is 955. The van der Waals surface area contributed by atoms with Crippen molar-refractivity contribution in [1.29, 1.82) is 0 Å². The Kier molecular flexibility index (Phi) is 5.40. The van der Waals surface area contributed by atoms with E-state index in [-0.39, 0.29) is 11.8 Å². The highest BCUT2D eigenvalue weighted by atomic mass is 35.5. The molecule has 3 heterocycles. The molecule has 0 spiro atoms. The number of piperidine rings is 1. The van der Waals surface area contributed by atoms with Crippen LogP contribution in [0.5, 0.6) is 0 Å². The Labute approximate surface area is 171 Å². The van der Waals surface area contributed by atoms with Gasteiger partial charge in [-0.1, -0.05) is 23.2 Å². The van der Waals surface area contributed by atoms with Gasteiger partial charge in [-0.3, -0.25) is 4.79 Å². The highest BCUT2D eigenvalue weighted by Crippen LogP contribution is 2.28. The van der Waals surface area contributed by atoms with Crippen LogP contribution in [0.25, 0.3) is 5.82 Å². The van der Waals surface area contributed by atoms with Crippen LogP contribution >= 0.6 is 23.2 Å². The van der Waals surface area contributed by atoms with Crippen molar-refractivity contribution in [2.24, 2.45) is 5.92 Å². The van der Waals surface area contributed by atoms with E-state index in [2.05, 4.69) is 30.5 Å². The average Bonchev–Trinajstić information content (AvgIpc) is 3.26. The van der Waals surface area contributed by atoms with Gasteiger partial charge in [0.05, 0.1) is 10.7 Å². The van der Waals surface area contributed by atoms with Gasteiger partial charge in [0.2, 0.25) is 5.91 Å². The maximum absolute atomic E-state index is 12.6. The third-order valence-corrected chi connectivity index (χ3v) is 5.23. The van der Waals surface area contributed by atoms with E-state index in [1.165, 1.54) is 6.33 Å². The van der Waals surface area contributed by atoms with Crippen LogP contribution in [-0.2, 0) is 4.79 Å². The van der Waals surface area contributed by atoms with Crippen LogP contribution in [0.2, 0.25) is 10.0 Å². The summed E-state index contributed by atoms with van der Waals surface area (Å²) < 4.78 is 1.55. The fourth-order valence-electron chi connectivity index (χ4n) is 3.13. The molecule has 4 rings (SSSR count). The molecule has 0 aliphatic carbocycles. The molecule has 144 valence electrons. The standard InChI is InChI=1S/C18H17Cl2N7O/c19-13-1-2-14(20)15(9-13)23-18(28)12-5-7-26(8-6-12)16-3-4-17(25-24-16)27-11-21-10-22-27/h1-4,9-12H,5-8H2,(H,23,28). The second-order valence-corrected chi connectivity index (χ2v) is 7.31. The number of anilines is 2. The Hall–Kier alpha value is -2.71. The van der Waals surface area contributed by atoms with Gasteiger partial charge in [-0.15, -0.1) is 10.2 Å². The molecule has 3 aromatic rings. The number of aromatic nitrogens is 5. The lowest BCUT2D eigenvalue weighted by molar-refractivity contribution is -0.120. The largest absolute Gasteiger partial charge is 0.355 e. The fraction of sp³-hybridized carbons (Fsp3) is 0.278. The van der Waals surface area contributed by atoms with Crippen molar-refractivity contribution < 1.29 is 4.79 Å². The molecule has 1 aromatic carbocycles. The van der Waals surface area contributed by atoms with Gasteiger partial charge in [0.1, 0.15) is 12.7 Å². The summed E-state index contributed by atoms with van der Waals surface area (Å²) >= 11 is 12.1. The molecule has 1 amide bonds. The number of rotatable bonds is 4. The van der Waals surface area contributed by atoms with E-state index in [0.717, 1.165) is 31.7 Å². The summed E-state index contributed by atoms with van der Waals surface area (Å²) in [6, 6.07) is 8.76. The van der Waals surface area contributed by atoms with Crippen molar-refractivity contribution in [2.75, 3.05) is 23.3 Å². The van der Waals surface area contributed by atoms with E-state index < -0.39 is 0 Å². The van der Waals surface area contributed by atoms with Crippen LogP contribution in [0.3, 0.4) is 0 Å². The summed E-state index contributed by atoms with van der Waals surface area (Å²) in [4.78, 5) is 18.6. The number of carbonyl (C=O) groups is 1. The van der Waals surface area contributed by atoms with Crippen molar-refractivity contribution in [3.63, 3.8) is 0 Å². The molecule has 1 aliphatic heterocycles. The summed E-state index contributed by atoms with van der Waals surface area (Å²) in [5.74, 6) is 1.25. The van der Waals surface area contributed by atoms with Crippen molar-refractivity contribution in [3.05, 3.63) is 53.0 Å². The molecule has 2 aromatic heterocycles. The zero-order valence-corrected chi connectivity index (χ0v) is 16.3. The van der Waals surface area contributed by atoms with Crippen molar-refractivity contribution in [2.45, 2.75) is 12.8 Å². The van der Waals surface area contributed by atoms with E-state index in [1.807, 2.05) is 12.1 Å². The Balaban J connectivity index is 1.35.